The van der Waals surface area contributed by atoms with E-state index in [0.717, 1.165) is 12.8 Å². The predicted molar refractivity (Wildman–Crippen MR) is 62.0 cm³/mol. The summed E-state index contributed by atoms with van der Waals surface area (Å²) in [6, 6.07) is 3.97. The van der Waals surface area contributed by atoms with E-state index in [9.17, 15) is 4.79 Å². The van der Waals surface area contributed by atoms with Crippen LogP contribution in [0.3, 0.4) is 0 Å². The number of carboxylic acids is 1. The topological polar surface area (TPSA) is 37.3 Å². The maximum Gasteiger partial charge on any atom is 0.345 e. The summed E-state index contributed by atoms with van der Waals surface area (Å²) in [6.07, 6.45) is 2.02. The summed E-state index contributed by atoms with van der Waals surface area (Å²) in [4.78, 5) is 13.8. The highest BCUT2D eigenvalue weighted by atomic mass is 32.1. The van der Waals surface area contributed by atoms with Crippen molar-refractivity contribution in [3.63, 3.8) is 0 Å². The lowest BCUT2D eigenvalue weighted by atomic mass is 9.98. The number of fused-ring (bicyclic) bond motifs is 3. The molecule has 0 aliphatic heterocycles. The molecule has 0 unspecified atom stereocenters. The van der Waals surface area contributed by atoms with Gasteiger partial charge in [-0.25, -0.2) is 4.79 Å². The molecule has 0 radical (unpaired) electrons. The second kappa shape index (κ2) is 3.18. The van der Waals surface area contributed by atoms with Gasteiger partial charge < -0.3 is 5.11 Å². The average molecular weight is 236 g/mol. The Bertz CT molecular complexity index is 537. The smallest absolute Gasteiger partial charge is 0.345 e. The zero-order valence-electron chi connectivity index (χ0n) is 7.82. The molecule has 0 aromatic carbocycles. The van der Waals surface area contributed by atoms with Crippen LogP contribution in [-0.4, -0.2) is 11.1 Å². The van der Waals surface area contributed by atoms with E-state index in [1.54, 1.807) is 11.3 Å². The Morgan fingerprint density at radius 2 is 2.07 bits per heavy atom. The number of aryl methyl sites for hydroxylation is 2. The Kier molecular flexibility index (Phi) is 1.94. The molecule has 3 rings (SSSR count). The minimum atomic E-state index is -0.812. The highest BCUT2D eigenvalue weighted by Gasteiger charge is 2.21. The van der Waals surface area contributed by atoms with Crippen LogP contribution < -0.4 is 0 Å². The molecule has 0 saturated heterocycles. The number of carboxylic acid groups (broad SMARTS) is 1. The Morgan fingerprint density at radius 3 is 2.87 bits per heavy atom. The number of hydrogen-bond donors (Lipinski definition) is 1. The van der Waals surface area contributed by atoms with Crippen LogP contribution in [-0.2, 0) is 12.8 Å². The third-order valence-corrected chi connectivity index (χ3v) is 4.92. The first-order valence-corrected chi connectivity index (χ1v) is 6.38. The quantitative estimate of drug-likeness (QED) is 0.825. The Balaban J connectivity index is 2.20. The maximum atomic E-state index is 10.9. The van der Waals surface area contributed by atoms with Gasteiger partial charge >= 0.3 is 5.97 Å². The Morgan fingerprint density at radius 1 is 1.27 bits per heavy atom. The number of thiophene rings is 2. The fourth-order valence-corrected chi connectivity index (χ4v) is 4.13. The van der Waals surface area contributed by atoms with E-state index in [0.29, 0.717) is 4.88 Å². The summed E-state index contributed by atoms with van der Waals surface area (Å²) in [5, 5.41) is 11.0. The molecule has 0 atom stereocenters. The zero-order chi connectivity index (χ0) is 10.4. The largest absolute Gasteiger partial charge is 0.477 e. The molecule has 0 fully saturated rings. The molecule has 2 aromatic heterocycles. The van der Waals surface area contributed by atoms with Crippen molar-refractivity contribution >= 4 is 28.6 Å². The predicted octanol–water partition coefficient (Wildman–Crippen LogP) is 3.27. The van der Waals surface area contributed by atoms with E-state index in [1.165, 1.54) is 32.2 Å². The molecule has 1 aliphatic carbocycles. The summed E-state index contributed by atoms with van der Waals surface area (Å²) in [6.45, 7) is 0. The molecular formula is C11H8O2S2. The van der Waals surface area contributed by atoms with Crippen LogP contribution >= 0.6 is 22.7 Å². The summed E-state index contributed by atoms with van der Waals surface area (Å²) < 4.78 is 0. The van der Waals surface area contributed by atoms with Gasteiger partial charge in [-0.2, -0.15) is 0 Å². The van der Waals surface area contributed by atoms with Crippen molar-refractivity contribution in [2.45, 2.75) is 12.8 Å². The Labute approximate surface area is 94.8 Å². The molecular weight excluding hydrogens is 228 g/mol. The van der Waals surface area contributed by atoms with Crippen molar-refractivity contribution < 1.29 is 9.90 Å². The van der Waals surface area contributed by atoms with E-state index in [-0.39, 0.29) is 0 Å². The molecule has 1 aliphatic rings. The van der Waals surface area contributed by atoms with E-state index < -0.39 is 5.97 Å². The van der Waals surface area contributed by atoms with Crippen molar-refractivity contribution in [1.82, 2.24) is 0 Å². The molecule has 1 N–H and O–H groups in total. The van der Waals surface area contributed by atoms with Crippen molar-refractivity contribution in [1.29, 1.82) is 0 Å². The molecule has 15 heavy (non-hydrogen) atoms. The molecule has 4 heteroatoms. The fourth-order valence-electron chi connectivity index (χ4n) is 1.91. The molecule has 0 saturated carbocycles. The van der Waals surface area contributed by atoms with E-state index in [1.807, 2.05) is 6.07 Å². The van der Waals surface area contributed by atoms with Gasteiger partial charge in [-0.1, -0.05) is 0 Å². The van der Waals surface area contributed by atoms with Crippen molar-refractivity contribution in [3.05, 3.63) is 33.5 Å². The normalized spacial score (nSPS) is 13.3. The number of rotatable bonds is 1. The SMILES string of the molecule is O=C(O)c1cc2c(s1)-c1sccc1CC2. The van der Waals surface area contributed by atoms with Crippen LogP contribution in [0.2, 0.25) is 0 Å². The van der Waals surface area contributed by atoms with Gasteiger partial charge in [-0.15, -0.1) is 22.7 Å². The minimum Gasteiger partial charge on any atom is -0.477 e. The third-order valence-electron chi connectivity index (χ3n) is 2.64. The van der Waals surface area contributed by atoms with E-state index in [4.69, 9.17) is 5.11 Å². The number of aromatic carboxylic acids is 1. The van der Waals surface area contributed by atoms with Gasteiger partial charge in [0.05, 0.1) is 0 Å². The van der Waals surface area contributed by atoms with Crippen LogP contribution in [0.25, 0.3) is 9.75 Å². The molecule has 0 amide bonds. The lowest BCUT2D eigenvalue weighted by molar-refractivity contribution is 0.0702. The molecule has 2 nitrogen and oxygen atoms in total. The van der Waals surface area contributed by atoms with Gasteiger partial charge in [0.15, 0.2) is 0 Å². The molecule has 0 spiro atoms. The van der Waals surface area contributed by atoms with Crippen LogP contribution in [0.5, 0.6) is 0 Å². The Hall–Kier alpha value is -1.13. The van der Waals surface area contributed by atoms with Crippen molar-refractivity contribution in [3.8, 4) is 9.75 Å². The van der Waals surface area contributed by atoms with Gasteiger partial charge in [0.1, 0.15) is 4.88 Å². The van der Waals surface area contributed by atoms with Gasteiger partial charge in [-0.05, 0) is 41.5 Å². The zero-order valence-corrected chi connectivity index (χ0v) is 9.45. The highest BCUT2D eigenvalue weighted by molar-refractivity contribution is 7.22. The fraction of sp³-hybridized carbons (Fsp3) is 0.182. The minimum absolute atomic E-state index is 0.459. The van der Waals surface area contributed by atoms with Crippen molar-refractivity contribution in [2.75, 3.05) is 0 Å². The van der Waals surface area contributed by atoms with E-state index >= 15 is 0 Å². The van der Waals surface area contributed by atoms with Gasteiger partial charge in [0.25, 0.3) is 0 Å². The number of hydrogen-bond acceptors (Lipinski definition) is 3. The first-order chi connectivity index (χ1) is 7.25. The lowest BCUT2D eigenvalue weighted by Crippen LogP contribution is -1.97. The van der Waals surface area contributed by atoms with Gasteiger partial charge in [-0.3, -0.25) is 0 Å². The summed E-state index contributed by atoms with van der Waals surface area (Å²) >= 11 is 3.11. The molecule has 2 aromatic rings. The summed E-state index contributed by atoms with van der Waals surface area (Å²) in [5.41, 5.74) is 2.57. The lowest BCUT2D eigenvalue weighted by Gasteiger charge is -2.10. The second-order valence-corrected chi connectivity index (χ2v) is 5.51. The highest BCUT2D eigenvalue weighted by Crippen LogP contribution is 2.42. The molecule has 0 bridgehead atoms. The van der Waals surface area contributed by atoms with Crippen LogP contribution in [0.4, 0.5) is 0 Å². The summed E-state index contributed by atoms with van der Waals surface area (Å²) in [5.74, 6) is -0.812. The standard InChI is InChI=1S/C11H8O2S2/c12-11(13)8-5-7-2-1-6-3-4-14-9(6)10(7)15-8/h3-5H,1-2H2,(H,12,13). The van der Waals surface area contributed by atoms with Crippen LogP contribution in [0.15, 0.2) is 17.5 Å². The van der Waals surface area contributed by atoms with Crippen LogP contribution in [0, 0.1) is 0 Å². The van der Waals surface area contributed by atoms with Crippen molar-refractivity contribution in [2.24, 2.45) is 0 Å². The van der Waals surface area contributed by atoms with E-state index in [2.05, 4.69) is 11.4 Å². The monoisotopic (exact) mass is 236 g/mol. The first kappa shape index (κ1) is 9.12. The van der Waals surface area contributed by atoms with Gasteiger partial charge in [0, 0.05) is 9.75 Å². The second-order valence-electron chi connectivity index (χ2n) is 3.55. The van der Waals surface area contributed by atoms with Crippen LogP contribution in [0.1, 0.15) is 20.8 Å². The summed E-state index contributed by atoms with van der Waals surface area (Å²) in [7, 11) is 0. The first-order valence-electron chi connectivity index (χ1n) is 4.68. The molecule has 76 valence electrons. The number of carbonyl (C=O) groups is 1. The van der Waals surface area contributed by atoms with Gasteiger partial charge in [0.2, 0.25) is 0 Å². The molecule has 2 heterocycles. The average Bonchev–Trinajstić information content (AvgIpc) is 2.82. The maximum absolute atomic E-state index is 10.9. The third kappa shape index (κ3) is 1.33.